The number of carbonyl (C=O) groups is 1. The number of carboxylic acid groups (broad SMARTS) is 1. The zero-order valence-corrected chi connectivity index (χ0v) is 9.76. The van der Waals surface area contributed by atoms with E-state index in [-0.39, 0.29) is 0 Å². The van der Waals surface area contributed by atoms with Gasteiger partial charge in [0.2, 0.25) is 10.0 Å². The van der Waals surface area contributed by atoms with E-state index >= 15 is 0 Å². The van der Waals surface area contributed by atoms with Gasteiger partial charge in [-0.2, -0.15) is 13.2 Å². The molecule has 0 bridgehead atoms. The van der Waals surface area contributed by atoms with E-state index in [2.05, 4.69) is 0 Å². The number of aromatic carboxylic acids is 1. The number of carboxylic acids is 1. The molecule has 9 heteroatoms. The summed E-state index contributed by atoms with van der Waals surface area (Å²) < 4.78 is 60.8. The smallest absolute Gasteiger partial charge is 0.416 e. The van der Waals surface area contributed by atoms with E-state index in [0.717, 1.165) is 12.3 Å². The van der Waals surface area contributed by atoms with Crippen molar-refractivity contribution in [2.45, 2.75) is 6.18 Å². The van der Waals surface area contributed by atoms with Crippen molar-refractivity contribution in [3.63, 3.8) is 0 Å². The SMILES string of the molecule is CS(=O)(=O)Nc1ccc(C(F)(F)F)cc1C(=O)O. The molecular formula is C9H8F3NO4S. The highest BCUT2D eigenvalue weighted by molar-refractivity contribution is 7.92. The van der Waals surface area contributed by atoms with Gasteiger partial charge in [-0.25, -0.2) is 13.2 Å². The molecule has 1 rings (SSSR count). The van der Waals surface area contributed by atoms with Gasteiger partial charge in [-0.3, -0.25) is 4.72 Å². The zero-order valence-electron chi connectivity index (χ0n) is 8.95. The Bertz CT molecular complexity index is 580. The number of rotatable bonds is 3. The van der Waals surface area contributed by atoms with Crippen LogP contribution in [0.15, 0.2) is 18.2 Å². The first-order valence-corrected chi connectivity index (χ1v) is 6.32. The lowest BCUT2D eigenvalue weighted by Gasteiger charge is -2.11. The first-order chi connectivity index (χ1) is 8.00. The number of sulfonamides is 1. The molecule has 0 aliphatic heterocycles. The average Bonchev–Trinajstić information content (AvgIpc) is 2.13. The van der Waals surface area contributed by atoms with E-state index in [0.29, 0.717) is 12.1 Å². The van der Waals surface area contributed by atoms with Gasteiger partial charge in [-0.1, -0.05) is 0 Å². The van der Waals surface area contributed by atoms with Crippen LogP contribution in [0.3, 0.4) is 0 Å². The summed E-state index contributed by atoms with van der Waals surface area (Å²) in [5.74, 6) is -1.66. The molecule has 0 radical (unpaired) electrons. The summed E-state index contributed by atoms with van der Waals surface area (Å²) in [6.45, 7) is 0. The van der Waals surface area contributed by atoms with Gasteiger partial charge < -0.3 is 5.11 Å². The third kappa shape index (κ3) is 3.62. The lowest BCUT2D eigenvalue weighted by Crippen LogP contribution is -2.15. The monoisotopic (exact) mass is 283 g/mol. The molecule has 2 N–H and O–H groups in total. The molecule has 100 valence electrons. The summed E-state index contributed by atoms with van der Waals surface area (Å²) in [5, 5.41) is 8.75. The fraction of sp³-hybridized carbons (Fsp3) is 0.222. The average molecular weight is 283 g/mol. The van der Waals surface area contributed by atoms with Crippen molar-refractivity contribution in [2.24, 2.45) is 0 Å². The number of nitrogens with one attached hydrogen (secondary N) is 1. The highest BCUT2D eigenvalue weighted by atomic mass is 32.2. The highest BCUT2D eigenvalue weighted by Crippen LogP contribution is 2.32. The number of hydrogen-bond donors (Lipinski definition) is 2. The van der Waals surface area contributed by atoms with Crippen LogP contribution in [0.4, 0.5) is 18.9 Å². The minimum atomic E-state index is -4.70. The molecule has 1 aromatic carbocycles. The Labute approximate surface area is 100 Å². The van der Waals surface area contributed by atoms with Crippen molar-refractivity contribution in [1.29, 1.82) is 0 Å². The van der Waals surface area contributed by atoms with Crippen LogP contribution in [0.2, 0.25) is 0 Å². The molecule has 0 fully saturated rings. The Morgan fingerprint density at radius 2 is 1.89 bits per heavy atom. The maximum atomic E-state index is 12.4. The van der Waals surface area contributed by atoms with Crippen molar-refractivity contribution in [3.05, 3.63) is 29.3 Å². The second-order valence-corrected chi connectivity index (χ2v) is 5.19. The van der Waals surface area contributed by atoms with Gasteiger partial charge in [-0.15, -0.1) is 0 Å². The van der Waals surface area contributed by atoms with Crippen molar-refractivity contribution in [1.82, 2.24) is 0 Å². The number of hydrogen-bond acceptors (Lipinski definition) is 3. The molecule has 0 aliphatic carbocycles. The topological polar surface area (TPSA) is 83.5 Å². The van der Waals surface area contributed by atoms with Crippen LogP contribution in [0.25, 0.3) is 0 Å². The second kappa shape index (κ2) is 4.48. The quantitative estimate of drug-likeness (QED) is 0.885. The van der Waals surface area contributed by atoms with Crippen LogP contribution in [0, 0.1) is 0 Å². The molecule has 0 atom stereocenters. The molecule has 0 saturated heterocycles. The number of alkyl halides is 3. The molecule has 0 amide bonds. The van der Waals surface area contributed by atoms with Crippen LogP contribution in [-0.4, -0.2) is 25.7 Å². The van der Waals surface area contributed by atoms with E-state index in [9.17, 15) is 26.4 Å². The predicted octanol–water partition coefficient (Wildman–Crippen LogP) is 1.78. The first kappa shape index (κ1) is 14.3. The highest BCUT2D eigenvalue weighted by Gasteiger charge is 2.32. The normalized spacial score (nSPS) is 12.2. The Morgan fingerprint density at radius 3 is 2.28 bits per heavy atom. The van der Waals surface area contributed by atoms with E-state index in [1.54, 1.807) is 0 Å². The Hall–Kier alpha value is -1.77. The summed E-state index contributed by atoms with van der Waals surface area (Å²) in [7, 11) is -3.78. The van der Waals surface area contributed by atoms with Crippen LogP contribution < -0.4 is 4.72 Å². The van der Waals surface area contributed by atoms with Gasteiger partial charge in [0.1, 0.15) is 0 Å². The number of anilines is 1. The van der Waals surface area contributed by atoms with Crippen molar-refractivity contribution in [2.75, 3.05) is 11.0 Å². The van der Waals surface area contributed by atoms with E-state index in [1.165, 1.54) is 0 Å². The minimum absolute atomic E-state index is 0.371. The van der Waals surface area contributed by atoms with E-state index in [4.69, 9.17) is 5.11 Å². The lowest BCUT2D eigenvalue weighted by molar-refractivity contribution is -0.137. The van der Waals surface area contributed by atoms with Crippen LogP contribution in [-0.2, 0) is 16.2 Å². The van der Waals surface area contributed by atoms with Gasteiger partial charge >= 0.3 is 12.1 Å². The standard InChI is InChI=1S/C9H8F3NO4S/c1-18(16,17)13-7-3-2-5(9(10,11)12)4-6(7)8(14)15/h2-4,13H,1H3,(H,14,15). The summed E-state index contributed by atoms with van der Waals surface area (Å²) in [4.78, 5) is 10.8. The van der Waals surface area contributed by atoms with Crippen molar-refractivity contribution < 1.29 is 31.5 Å². The van der Waals surface area contributed by atoms with Crippen molar-refractivity contribution >= 4 is 21.7 Å². The predicted molar refractivity (Wildman–Crippen MR) is 56.9 cm³/mol. The Balaban J connectivity index is 3.34. The molecule has 0 saturated carbocycles. The third-order valence-electron chi connectivity index (χ3n) is 1.87. The Kier molecular flexibility index (Phi) is 3.56. The zero-order chi connectivity index (χ0) is 14.1. The summed E-state index contributed by atoms with van der Waals surface area (Å²) in [5.41, 5.74) is -2.35. The molecule has 0 aromatic heterocycles. The third-order valence-corrected chi connectivity index (χ3v) is 2.46. The summed E-state index contributed by atoms with van der Waals surface area (Å²) in [6.07, 6.45) is -3.94. The molecule has 0 aliphatic rings. The Morgan fingerprint density at radius 1 is 1.33 bits per heavy atom. The van der Waals surface area contributed by atoms with Crippen molar-refractivity contribution in [3.8, 4) is 0 Å². The maximum Gasteiger partial charge on any atom is 0.416 e. The lowest BCUT2D eigenvalue weighted by atomic mass is 10.1. The maximum absolute atomic E-state index is 12.4. The van der Waals surface area contributed by atoms with Gasteiger partial charge in [-0.05, 0) is 18.2 Å². The summed E-state index contributed by atoms with van der Waals surface area (Å²) in [6, 6.07) is 1.73. The second-order valence-electron chi connectivity index (χ2n) is 3.44. The number of halogens is 3. The number of benzene rings is 1. The molecule has 18 heavy (non-hydrogen) atoms. The fourth-order valence-electron chi connectivity index (χ4n) is 1.19. The largest absolute Gasteiger partial charge is 0.478 e. The first-order valence-electron chi connectivity index (χ1n) is 4.43. The molecule has 0 unspecified atom stereocenters. The van der Waals surface area contributed by atoms with E-state index < -0.39 is 39.0 Å². The van der Waals surface area contributed by atoms with Crippen LogP contribution >= 0.6 is 0 Å². The van der Waals surface area contributed by atoms with Gasteiger partial charge in [0.05, 0.1) is 23.1 Å². The minimum Gasteiger partial charge on any atom is -0.478 e. The van der Waals surface area contributed by atoms with Crippen LogP contribution in [0.5, 0.6) is 0 Å². The molecule has 0 spiro atoms. The molecule has 5 nitrogen and oxygen atoms in total. The molecular weight excluding hydrogens is 275 g/mol. The van der Waals surface area contributed by atoms with Gasteiger partial charge in [0.25, 0.3) is 0 Å². The molecule has 0 heterocycles. The summed E-state index contributed by atoms with van der Waals surface area (Å²) >= 11 is 0. The fourth-order valence-corrected chi connectivity index (χ4v) is 1.76. The van der Waals surface area contributed by atoms with Gasteiger partial charge in [0.15, 0.2) is 0 Å². The van der Waals surface area contributed by atoms with Crippen LogP contribution in [0.1, 0.15) is 15.9 Å². The van der Waals surface area contributed by atoms with Gasteiger partial charge in [0, 0.05) is 0 Å². The van der Waals surface area contributed by atoms with E-state index in [1.807, 2.05) is 4.72 Å². The molecule has 1 aromatic rings.